The molecule has 0 amide bonds. The molecule has 0 spiro atoms. The summed E-state index contributed by atoms with van der Waals surface area (Å²) in [5, 5.41) is 0. The Bertz CT molecular complexity index is 357. The molecule has 0 atom stereocenters. The van der Waals surface area contributed by atoms with Crippen molar-refractivity contribution in [1.29, 1.82) is 0 Å². The highest BCUT2D eigenvalue weighted by atomic mass is 16.5. The van der Waals surface area contributed by atoms with Crippen LogP contribution in [0.1, 0.15) is 19.4 Å². The van der Waals surface area contributed by atoms with E-state index in [1.807, 2.05) is 12.1 Å². The summed E-state index contributed by atoms with van der Waals surface area (Å²) in [5.41, 5.74) is 7.16. The van der Waals surface area contributed by atoms with Crippen LogP contribution in [0.4, 0.5) is 0 Å². The van der Waals surface area contributed by atoms with Crippen molar-refractivity contribution in [2.45, 2.75) is 25.9 Å². The number of benzene rings is 1. The number of hydrogen-bond acceptors (Lipinski definition) is 3. The first-order valence-corrected chi connectivity index (χ1v) is 5.76. The first-order chi connectivity index (χ1) is 7.54. The third-order valence-corrected chi connectivity index (χ3v) is 2.66. The maximum absolute atomic E-state index is 6.05. The SMILES string of the molecule is CC(C)(N)CN1CCOc2ccccc2C1. The lowest BCUT2D eigenvalue weighted by molar-refractivity contribution is 0.195. The van der Waals surface area contributed by atoms with E-state index >= 15 is 0 Å². The first-order valence-electron chi connectivity index (χ1n) is 5.76. The summed E-state index contributed by atoms with van der Waals surface area (Å²) in [5.74, 6) is 1.01. The van der Waals surface area contributed by atoms with E-state index in [4.69, 9.17) is 10.5 Å². The largest absolute Gasteiger partial charge is 0.492 e. The van der Waals surface area contributed by atoms with Crippen molar-refractivity contribution in [3.05, 3.63) is 29.8 Å². The number of nitrogens with zero attached hydrogens (tertiary/aromatic N) is 1. The van der Waals surface area contributed by atoms with Crippen molar-refractivity contribution in [1.82, 2.24) is 4.90 Å². The highest BCUT2D eigenvalue weighted by Gasteiger charge is 2.20. The maximum Gasteiger partial charge on any atom is 0.123 e. The van der Waals surface area contributed by atoms with Gasteiger partial charge in [-0.3, -0.25) is 4.90 Å². The van der Waals surface area contributed by atoms with Gasteiger partial charge in [0.1, 0.15) is 12.4 Å². The molecule has 2 N–H and O–H groups in total. The lowest BCUT2D eigenvalue weighted by Crippen LogP contribution is -2.45. The van der Waals surface area contributed by atoms with Crippen LogP contribution in [0, 0.1) is 0 Å². The molecule has 16 heavy (non-hydrogen) atoms. The molecule has 1 aromatic rings. The lowest BCUT2D eigenvalue weighted by atomic mass is 10.1. The van der Waals surface area contributed by atoms with Gasteiger partial charge >= 0.3 is 0 Å². The zero-order chi connectivity index (χ0) is 11.6. The average Bonchev–Trinajstić information content (AvgIpc) is 2.36. The highest BCUT2D eigenvalue weighted by Crippen LogP contribution is 2.22. The van der Waals surface area contributed by atoms with Gasteiger partial charge in [0.15, 0.2) is 0 Å². The zero-order valence-corrected chi connectivity index (χ0v) is 10.1. The Morgan fingerprint density at radius 2 is 2.12 bits per heavy atom. The summed E-state index contributed by atoms with van der Waals surface area (Å²) in [6, 6.07) is 8.23. The van der Waals surface area contributed by atoms with Crippen LogP contribution in [0.3, 0.4) is 0 Å². The lowest BCUT2D eigenvalue weighted by Gasteiger charge is -2.28. The van der Waals surface area contributed by atoms with Gasteiger partial charge in [0.2, 0.25) is 0 Å². The first kappa shape index (κ1) is 11.4. The second-order valence-corrected chi connectivity index (χ2v) is 5.16. The van der Waals surface area contributed by atoms with Gasteiger partial charge < -0.3 is 10.5 Å². The van der Waals surface area contributed by atoms with Crippen LogP contribution >= 0.6 is 0 Å². The fraction of sp³-hybridized carbons (Fsp3) is 0.538. The molecule has 1 aliphatic rings. The Labute approximate surface area is 97.2 Å². The molecular formula is C13H20N2O. The molecule has 0 aromatic heterocycles. The van der Waals surface area contributed by atoms with E-state index in [9.17, 15) is 0 Å². The summed E-state index contributed by atoms with van der Waals surface area (Å²) in [4.78, 5) is 2.35. The normalized spacial score (nSPS) is 17.4. The molecule has 0 saturated carbocycles. The summed E-state index contributed by atoms with van der Waals surface area (Å²) in [6.07, 6.45) is 0. The molecule has 3 heteroatoms. The Morgan fingerprint density at radius 3 is 2.88 bits per heavy atom. The minimum atomic E-state index is -0.153. The number of nitrogens with two attached hydrogens (primary N) is 1. The summed E-state index contributed by atoms with van der Waals surface area (Å²) >= 11 is 0. The van der Waals surface area contributed by atoms with Gasteiger partial charge in [-0.1, -0.05) is 18.2 Å². The van der Waals surface area contributed by atoms with Crippen LogP contribution in [0.15, 0.2) is 24.3 Å². The summed E-state index contributed by atoms with van der Waals surface area (Å²) in [7, 11) is 0. The van der Waals surface area contributed by atoms with Crippen molar-refractivity contribution in [2.24, 2.45) is 5.73 Å². The monoisotopic (exact) mass is 220 g/mol. The van der Waals surface area contributed by atoms with E-state index in [-0.39, 0.29) is 5.54 Å². The molecule has 88 valence electrons. The predicted octanol–water partition coefficient (Wildman–Crippen LogP) is 1.62. The molecule has 0 aliphatic carbocycles. The second kappa shape index (κ2) is 4.44. The molecular weight excluding hydrogens is 200 g/mol. The Hall–Kier alpha value is -1.06. The molecule has 1 aliphatic heterocycles. The van der Waals surface area contributed by atoms with Crippen LogP contribution in [0.2, 0.25) is 0 Å². The Kier molecular flexibility index (Phi) is 3.17. The number of rotatable bonds is 2. The van der Waals surface area contributed by atoms with Gasteiger partial charge in [-0.05, 0) is 19.9 Å². The molecule has 2 rings (SSSR count). The van der Waals surface area contributed by atoms with Crippen molar-refractivity contribution in [3.8, 4) is 5.75 Å². The van der Waals surface area contributed by atoms with Crippen molar-refractivity contribution in [2.75, 3.05) is 19.7 Å². The minimum absolute atomic E-state index is 0.153. The van der Waals surface area contributed by atoms with Crippen LogP contribution in [0.25, 0.3) is 0 Å². The maximum atomic E-state index is 6.05. The van der Waals surface area contributed by atoms with E-state index in [1.165, 1.54) is 5.56 Å². The van der Waals surface area contributed by atoms with Crippen LogP contribution in [0.5, 0.6) is 5.75 Å². The standard InChI is InChI=1S/C13H20N2O/c1-13(2,14)10-15-7-8-16-12-6-4-3-5-11(12)9-15/h3-6H,7-10,14H2,1-2H3. The van der Waals surface area contributed by atoms with Gasteiger partial charge in [-0.25, -0.2) is 0 Å². The quantitative estimate of drug-likeness (QED) is 0.823. The molecule has 0 fully saturated rings. The summed E-state index contributed by atoms with van der Waals surface area (Å²) in [6.45, 7) is 7.62. The van der Waals surface area contributed by atoms with E-state index < -0.39 is 0 Å². The molecule has 0 unspecified atom stereocenters. The molecule has 0 bridgehead atoms. The third-order valence-electron chi connectivity index (χ3n) is 2.66. The second-order valence-electron chi connectivity index (χ2n) is 5.16. The minimum Gasteiger partial charge on any atom is -0.492 e. The highest BCUT2D eigenvalue weighted by molar-refractivity contribution is 5.33. The van der Waals surface area contributed by atoms with E-state index in [1.54, 1.807) is 0 Å². The number of para-hydroxylation sites is 1. The fourth-order valence-electron chi connectivity index (χ4n) is 2.09. The molecule has 3 nitrogen and oxygen atoms in total. The van der Waals surface area contributed by atoms with Gasteiger partial charge in [-0.2, -0.15) is 0 Å². The molecule has 0 saturated heterocycles. The third kappa shape index (κ3) is 2.97. The van der Waals surface area contributed by atoms with Gasteiger partial charge in [-0.15, -0.1) is 0 Å². The number of fused-ring (bicyclic) bond motifs is 1. The van der Waals surface area contributed by atoms with Crippen molar-refractivity contribution in [3.63, 3.8) is 0 Å². The smallest absolute Gasteiger partial charge is 0.123 e. The zero-order valence-electron chi connectivity index (χ0n) is 10.1. The van der Waals surface area contributed by atoms with Crippen molar-refractivity contribution >= 4 is 0 Å². The van der Waals surface area contributed by atoms with E-state index in [0.29, 0.717) is 0 Å². The molecule has 1 heterocycles. The molecule has 0 radical (unpaired) electrons. The van der Waals surface area contributed by atoms with Gasteiger partial charge in [0.25, 0.3) is 0 Å². The topological polar surface area (TPSA) is 38.5 Å². The fourth-order valence-corrected chi connectivity index (χ4v) is 2.09. The predicted molar refractivity (Wildman–Crippen MR) is 65.5 cm³/mol. The van der Waals surface area contributed by atoms with Crippen LogP contribution in [-0.2, 0) is 6.54 Å². The summed E-state index contributed by atoms with van der Waals surface area (Å²) < 4.78 is 5.71. The van der Waals surface area contributed by atoms with Crippen molar-refractivity contribution < 1.29 is 4.74 Å². The van der Waals surface area contributed by atoms with E-state index in [2.05, 4.69) is 30.9 Å². The van der Waals surface area contributed by atoms with Crippen LogP contribution < -0.4 is 10.5 Å². The average molecular weight is 220 g/mol. The molecule has 1 aromatic carbocycles. The van der Waals surface area contributed by atoms with Crippen LogP contribution in [-0.4, -0.2) is 30.1 Å². The Morgan fingerprint density at radius 1 is 1.38 bits per heavy atom. The number of hydrogen-bond donors (Lipinski definition) is 1. The van der Waals surface area contributed by atoms with Gasteiger partial charge in [0, 0.05) is 30.7 Å². The van der Waals surface area contributed by atoms with Gasteiger partial charge in [0.05, 0.1) is 0 Å². The van der Waals surface area contributed by atoms with E-state index in [0.717, 1.165) is 32.0 Å². The Balaban J connectivity index is 2.11. The number of ether oxygens (including phenoxy) is 1.